The molecule has 5 heteroatoms. The number of ether oxygens (including phenoxy) is 1. The van der Waals surface area contributed by atoms with Crippen molar-refractivity contribution in [3.8, 4) is 22.6 Å². The zero-order valence-electron chi connectivity index (χ0n) is 14.8. The molecule has 0 aliphatic carbocycles. The van der Waals surface area contributed by atoms with Crippen LogP contribution < -0.4 is 4.74 Å². The fourth-order valence-electron chi connectivity index (χ4n) is 2.91. The number of phenols is 1. The number of hydrogen-bond donors (Lipinski definition) is 2. The smallest absolute Gasteiger partial charge is 0.153 e. The molecule has 0 bridgehead atoms. The number of aromatic hydroxyl groups is 1. The van der Waals surface area contributed by atoms with Crippen molar-refractivity contribution < 1.29 is 19.7 Å². The highest BCUT2D eigenvalue weighted by Crippen LogP contribution is 2.33. The Bertz CT molecular complexity index is 982. The summed E-state index contributed by atoms with van der Waals surface area (Å²) in [5, 5.41) is 19.4. The first-order valence-electron chi connectivity index (χ1n) is 8.42. The maximum Gasteiger partial charge on any atom is 0.153 e. The molecule has 0 aliphatic rings. The summed E-state index contributed by atoms with van der Waals surface area (Å²) in [4.78, 5) is 10.9. The molecule has 0 unspecified atom stereocenters. The molecule has 138 valence electrons. The van der Waals surface area contributed by atoms with Crippen molar-refractivity contribution >= 4 is 17.9 Å². The van der Waals surface area contributed by atoms with Gasteiger partial charge < -0.3 is 14.9 Å². The maximum atomic E-state index is 10.9. The molecule has 0 radical (unpaired) electrons. The Hall–Kier alpha value is -2.82. The van der Waals surface area contributed by atoms with Crippen LogP contribution in [0, 0.1) is 6.92 Å². The standard InChI is InChI=1S/C22H19ClO4/c1-14-17(13-27-22-10-21(26)18(12-25)9-20(22)23)6-3-7-19(14)16-5-2-4-15(8-16)11-24/h2-10,12,24,26H,11,13H2,1H3. The van der Waals surface area contributed by atoms with Gasteiger partial charge in [-0.1, -0.05) is 48.0 Å². The Labute approximate surface area is 162 Å². The number of aliphatic hydroxyl groups excluding tert-OH is 1. The van der Waals surface area contributed by atoms with E-state index in [-0.39, 0.29) is 29.5 Å². The van der Waals surface area contributed by atoms with Crippen LogP contribution in [0.3, 0.4) is 0 Å². The summed E-state index contributed by atoms with van der Waals surface area (Å²) in [6.07, 6.45) is 0.541. The number of phenolic OH excluding ortho intramolecular Hbond substituents is 1. The number of carbonyl (C=O) groups is 1. The lowest BCUT2D eigenvalue weighted by atomic mass is 9.95. The molecule has 0 saturated heterocycles. The van der Waals surface area contributed by atoms with Gasteiger partial charge >= 0.3 is 0 Å². The Morgan fingerprint density at radius 2 is 1.89 bits per heavy atom. The molecular formula is C22H19ClO4. The summed E-state index contributed by atoms with van der Waals surface area (Å²) >= 11 is 6.13. The van der Waals surface area contributed by atoms with Crippen LogP contribution in [0.25, 0.3) is 11.1 Å². The Kier molecular flexibility index (Phi) is 5.79. The van der Waals surface area contributed by atoms with Crippen molar-refractivity contribution in [1.82, 2.24) is 0 Å². The van der Waals surface area contributed by atoms with Gasteiger partial charge in [-0.2, -0.15) is 0 Å². The van der Waals surface area contributed by atoms with E-state index in [9.17, 15) is 15.0 Å². The lowest BCUT2D eigenvalue weighted by Crippen LogP contribution is -2.00. The second kappa shape index (κ2) is 8.25. The van der Waals surface area contributed by atoms with Crippen LogP contribution in [0.1, 0.15) is 27.0 Å². The van der Waals surface area contributed by atoms with Crippen LogP contribution in [0.2, 0.25) is 5.02 Å². The van der Waals surface area contributed by atoms with E-state index in [2.05, 4.69) is 0 Å². The molecule has 4 nitrogen and oxygen atoms in total. The predicted molar refractivity (Wildman–Crippen MR) is 105 cm³/mol. The first-order chi connectivity index (χ1) is 13.0. The van der Waals surface area contributed by atoms with Gasteiger partial charge in [0, 0.05) is 6.07 Å². The van der Waals surface area contributed by atoms with Gasteiger partial charge in [-0.3, -0.25) is 4.79 Å². The average Bonchev–Trinajstić information content (AvgIpc) is 2.69. The third-order valence-electron chi connectivity index (χ3n) is 4.46. The molecule has 27 heavy (non-hydrogen) atoms. The Morgan fingerprint density at radius 1 is 1.11 bits per heavy atom. The number of aliphatic hydroxyl groups is 1. The van der Waals surface area contributed by atoms with Gasteiger partial charge in [0.1, 0.15) is 18.1 Å². The van der Waals surface area contributed by atoms with Crippen molar-refractivity contribution in [3.05, 3.63) is 81.9 Å². The second-order valence-corrected chi connectivity index (χ2v) is 6.60. The average molecular weight is 383 g/mol. The van der Waals surface area contributed by atoms with E-state index in [0.717, 1.165) is 27.8 Å². The first-order valence-corrected chi connectivity index (χ1v) is 8.80. The third-order valence-corrected chi connectivity index (χ3v) is 4.75. The maximum absolute atomic E-state index is 10.9. The van der Waals surface area contributed by atoms with Gasteiger partial charge in [-0.05, 0) is 46.9 Å². The Morgan fingerprint density at radius 3 is 2.63 bits per heavy atom. The van der Waals surface area contributed by atoms with E-state index >= 15 is 0 Å². The van der Waals surface area contributed by atoms with Crippen molar-refractivity contribution in [2.45, 2.75) is 20.1 Å². The summed E-state index contributed by atoms with van der Waals surface area (Å²) in [5.41, 5.74) is 5.07. The highest BCUT2D eigenvalue weighted by Gasteiger charge is 2.11. The molecular weight excluding hydrogens is 364 g/mol. The summed E-state index contributed by atoms with van der Waals surface area (Å²) < 4.78 is 5.77. The van der Waals surface area contributed by atoms with Crippen LogP contribution >= 0.6 is 11.6 Å². The fourth-order valence-corrected chi connectivity index (χ4v) is 3.13. The lowest BCUT2D eigenvalue weighted by molar-refractivity contribution is 0.112. The highest BCUT2D eigenvalue weighted by molar-refractivity contribution is 6.32. The van der Waals surface area contributed by atoms with Crippen molar-refractivity contribution in [2.24, 2.45) is 0 Å². The molecule has 0 amide bonds. The Balaban J connectivity index is 1.86. The molecule has 2 N–H and O–H groups in total. The monoisotopic (exact) mass is 382 g/mol. The number of rotatable bonds is 6. The largest absolute Gasteiger partial charge is 0.507 e. The number of carbonyl (C=O) groups excluding carboxylic acids is 1. The normalized spacial score (nSPS) is 10.6. The minimum absolute atomic E-state index is 0.00549. The zero-order chi connectivity index (χ0) is 19.4. The number of halogens is 1. The van der Waals surface area contributed by atoms with E-state index in [4.69, 9.17) is 16.3 Å². The second-order valence-electron chi connectivity index (χ2n) is 6.20. The van der Waals surface area contributed by atoms with Gasteiger partial charge in [0.05, 0.1) is 17.2 Å². The summed E-state index contributed by atoms with van der Waals surface area (Å²) in [6.45, 7) is 2.27. The quantitative estimate of drug-likeness (QED) is 0.595. The molecule has 3 aromatic carbocycles. The number of aldehydes is 1. The predicted octanol–water partition coefficient (Wildman–Crippen LogP) is 4.90. The van der Waals surface area contributed by atoms with Crippen molar-refractivity contribution in [3.63, 3.8) is 0 Å². The minimum Gasteiger partial charge on any atom is -0.507 e. The van der Waals surface area contributed by atoms with Crippen LogP contribution in [0.4, 0.5) is 0 Å². The van der Waals surface area contributed by atoms with Crippen LogP contribution in [-0.4, -0.2) is 16.5 Å². The third kappa shape index (κ3) is 4.13. The van der Waals surface area contributed by atoms with E-state index in [1.807, 2.05) is 49.4 Å². The van der Waals surface area contributed by atoms with Gasteiger partial charge in [-0.15, -0.1) is 0 Å². The van der Waals surface area contributed by atoms with Gasteiger partial charge in [-0.25, -0.2) is 0 Å². The van der Waals surface area contributed by atoms with Crippen molar-refractivity contribution in [1.29, 1.82) is 0 Å². The van der Waals surface area contributed by atoms with Gasteiger partial charge in [0.15, 0.2) is 6.29 Å². The molecule has 3 aromatic rings. The summed E-state index contributed by atoms with van der Waals surface area (Å²) in [6, 6.07) is 16.4. The van der Waals surface area contributed by atoms with E-state index in [1.165, 1.54) is 12.1 Å². The van der Waals surface area contributed by atoms with Crippen LogP contribution in [-0.2, 0) is 13.2 Å². The zero-order valence-corrected chi connectivity index (χ0v) is 15.5. The van der Waals surface area contributed by atoms with E-state index in [1.54, 1.807) is 0 Å². The molecule has 0 aromatic heterocycles. The van der Waals surface area contributed by atoms with Crippen molar-refractivity contribution in [2.75, 3.05) is 0 Å². The first kappa shape index (κ1) is 19.0. The molecule has 3 rings (SSSR count). The number of hydrogen-bond acceptors (Lipinski definition) is 4. The summed E-state index contributed by atoms with van der Waals surface area (Å²) in [7, 11) is 0. The van der Waals surface area contributed by atoms with Crippen LogP contribution in [0.15, 0.2) is 54.6 Å². The fraction of sp³-hybridized carbons (Fsp3) is 0.136. The van der Waals surface area contributed by atoms with E-state index in [0.29, 0.717) is 12.0 Å². The highest BCUT2D eigenvalue weighted by atomic mass is 35.5. The number of benzene rings is 3. The SMILES string of the molecule is Cc1c(COc2cc(O)c(C=O)cc2Cl)cccc1-c1cccc(CO)c1. The molecule has 0 saturated carbocycles. The summed E-state index contributed by atoms with van der Waals surface area (Å²) in [5.74, 6) is 0.141. The minimum atomic E-state index is -0.171. The molecule has 0 fully saturated rings. The molecule has 0 heterocycles. The topological polar surface area (TPSA) is 66.8 Å². The van der Waals surface area contributed by atoms with Gasteiger partial charge in [0.2, 0.25) is 0 Å². The van der Waals surface area contributed by atoms with Crippen LogP contribution in [0.5, 0.6) is 11.5 Å². The molecule has 0 aliphatic heterocycles. The van der Waals surface area contributed by atoms with Gasteiger partial charge in [0.25, 0.3) is 0 Å². The molecule has 0 atom stereocenters. The lowest BCUT2D eigenvalue weighted by Gasteiger charge is -2.14. The molecule has 0 spiro atoms. The van der Waals surface area contributed by atoms with E-state index < -0.39 is 0 Å².